The molecule has 0 radical (unpaired) electrons. The number of benzene rings is 1. The summed E-state index contributed by atoms with van der Waals surface area (Å²) in [6.07, 6.45) is 9.81. The predicted molar refractivity (Wildman–Crippen MR) is 86.4 cm³/mol. The maximum Gasteiger partial charge on any atom is 0.165 e. The number of rotatable bonds is 7. The van der Waals surface area contributed by atoms with Gasteiger partial charge in [0.15, 0.2) is 11.6 Å². The maximum absolute atomic E-state index is 14.0. The van der Waals surface area contributed by atoms with Crippen LogP contribution in [0.2, 0.25) is 0 Å². The summed E-state index contributed by atoms with van der Waals surface area (Å²) in [6.45, 7) is 5.07. The van der Waals surface area contributed by atoms with Crippen LogP contribution in [0.3, 0.4) is 0 Å². The van der Waals surface area contributed by atoms with Gasteiger partial charge >= 0.3 is 0 Å². The third kappa shape index (κ3) is 4.72. The van der Waals surface area contributed by atoms with E-state index in [2.05, 4.69) is 13.8 Å². The van der Waals surface area contributed by atoms with Crippen LogP contribution >= 0.6 is 0 Å². The molecular formula is C19H29FO. The van der Waals surface area contributed by atoms with Gasteiger partial charge in [0.1, 0.15) is 0 Å². The monoisotopic (exact) mass is 292 g/mol. The van der Waals surface area contributed by atoms with Gasteiger partial charge in [0.2, 0.25) is 0 Å². The van der Waals surface area contributed by atoms with E-state index in [1.54, 1.807) is 6.07 Å². The maximum atomic E-state index is 14.0. The van der Waals surface area contributed by atoms with Gasteiger partial charge in [-0.25, -0.2) is 4.39 Å². The molecular weight excluding hydrogens is 263 g/mol. The first-order chi connectivity index (χ1) is 10.2. The van der Waals surface area contributed by atoms with Crippen LogP contribution in [0.25, 0.3) is 0 Å². The molecule has 0 aliphatic heterocycles. The first kappa shape index (κ1) is 16.3. The van der Waals surface area contributed by atoms with Crippen molar-refractivity contribution in [2.45, 2.75) is 71.1 Å². The molecule has 1 atom stereocenters. The van der Waals surface area contributed by atoms with Gasteiger partial charge in [-0.15, -0.1) is 0 Å². The SMILES string of the molecule is CCCC(CC)c1ccc(F)c(OCC2CCCCC2)c1. The van der Waals surface area contributed by atoms with E-state index in [0.29, 0.717) is 24.2 Å². The molecule has 1 unspecified atom stereocenters. The minimum Gasteiger partial charge on any atom is -0.490 e. The summed E-state index contributed by atoms with van der Waals surface area (Å²) in [7, 11) is 0. The van der Waals surface area contributed by atoms with Crippen LogP contribution in [0.5, 0.6) is 5.75 Å². The Kier molecular flexibility index (Phi) is 6.53. The van der Waals surface area contributed by atoms with Crippen molar-refractivity contribution < 1.29 is 9.13 Å². The average Bonchev–Trinajstić information content (AvgIpc) is 2.53. The van der Waals surface area contributed by atoms with Crippen LogP contribution < -0.4 is 4.74 Å². The van der Waals surface area contributed by atoms with Crippen LogP contribution in [0.4, 0.5) is 4.39 Å². The Labute approximate surface area is 128 Å². The number of halogens is 1. The highest BCUT2D eigenvalue weighted by molar-refractivity contribution is 5.32. The number of ether oxygens (including phenoxy) is 1. The standard InChI is InChI=1S/C19H29FO/c1-3-8-16(4-2)17-11-12-18(20)19(13-17)21-14-15-9-6-5-7-10-15/h11-13,15-16H,3-10,14H2,1-2H3. The zero-order valence-electron chi connectivity index (χ0n) is 13.5. The molecule has 118 valence electrons. The van der Waals surface area contributed by atoms with Crippen molar-refractivity contribution in [2.24, 2.45) is 5.92 Å². The third-order valence-corrected chi connectivity index (χ3v) is 4.76. The van der Waals surface area contributed by atoms with Crippen LogP contribution in [-0.4, -0.2) is 6.61 Å². The normalized spacial score (nSPS) is 17.7. The Morgan fingerprint density at radius 1 is 1.19 bits per heavy atom. The predicted octanol–water partition coefficient (Wildman–Crippen LogP) is 6.08. The Morgan fingerprint density at radius 3 is 2.62 bits per heavy atom. The van der Waals surface area contributed by atoms with E-state index in [9.17, 15) is 4.39 Å². The molecule has 2 rings (SSSR count). The fourth-order valence-corrected chi connectivity index (χ4v) is 3.40. The Hall–Kier alpha value is -1.05. The molecule has 1 aromatic rings. The first-order valence-electron chi connectivity index (χ1n) is 8.66. The van der Waals surface area contributed by atoms with Crippen LogP contribution in [0, 0.1) is 11.7 Å². The second kappa shape index (κ2) is 8.41. The van der Waals surface area contributed by atoms with Crippen molar-refractivity contribution in [1.82, 2.24) is 0 Å². The summed E-state index contributed by atoms with van der Waals surface area (Å²) in [5, 5.41) is 0. The van der Waals surface area contributed by atoms with Crippen LogP contribution in [0.15, 0.2) is 18.2 Å². The summed E-state index contributed by atoms with van der Waals surface area (Å²) >= 11 is 0. The lowest BCUT2D eigenvalue weighted by atomic mass is 9.90. The van der Waals surface area contributed by atoms with Crippen molar-refractivity contribution in [2.75, 3.05) is 6.61 Å². The average molecular weight is 292 g/mol. The summed E-state index contributed by atoms with van der Waals surface area (Å²) < 4.78 is 19.8. The van der Waals surface area contributed by atoms with E-state index in [-0.39, 0.29) is 5.82 Å². The summed E-state index contributed by atoms with van der Waals surface area (Å²) in [5.74, 6) is 1.36. The van der Waals surface area contributed by atoms with Crippen molar-refractivity contribution in [1.29, 1.82) is 0 Å². The van der Waals surface area contributed by atoms with Crippen LogP contribution in [-0.2, 0) is 0 Å². The quantitative estimate of drug-likeness (QED) is 0.592. The first-order valence-corrected chi connectivity index (χ1v) is 8.66. The Bertz CT molecular complexity index is 424. The molecule has 0 N–H and O–H groups in total. The fourth-order valence-electron chi connectivity index (χ4n) is 3.40. The van der Waals surface area contributed by atoms with Gasteiger partial charge in [0.05, 0.1) is 6.61 Å². The highest BCUT2D eigenvalue weighted by Crippen LogP contribution is 2.30. The van der Waals surface area contributed by atoms with Gasteiger partial charge in [-0.05, 0) is 55.2 Å². The van der Waals surface area contributed by atoms with E-state index >= 15 is 0 Å². The van der Waals surface area contributed by atoms with E-state index in [1.165, 1.54) is 37.7 Å². The summed E-state index contributed by atoms with van der Waals surface area (Å²) in [4.78, 5) is 0. The molecule has 1 aliphatic rings. The topological polar surface area (TPSA) is 9.23 Å². The van der Waals surface area contributed by atoms with Crippen molar-refractivity contribution in [3.8, 4) is 5.75 Å². The van der Waals surface area contributed by atoms with Gasteiger partial charge in [-0.3, -0.25) is 0 Å². The summed E-state index contributed by atoms with van der Waals surface area (Å²) in [6, 6.07) is 5.43. The molecule has 0 heterocycles. The fraction of sp³-hybridized carbons (Fsp3) is 0.684. The van der Waals surface area contributed by atoms with Gasteiger partial charge in [0, 0.05) is 0 Å². The van der Waals surface area contributed by atoms with E-state index in [1.807, 2.05) is 12.1 Å². The molecule has 2 heteroatoms. The van der Waals surface area contributed by atoms with Gasteiger partial charge in [-0.1, -0.05) is 45.6 Å². The minimum atomic E-state index is -0.221. The van der Waals surface area contributed by atoms with Crippen molar-refractivity contribution in [3.63, 3.8) is 0 Å². The molecule has 0 bridgehead atoms. The third-order valence-electron chi connectivity index (χ3n) is 4.76. The largest absolute Gasteiger partial charge is 0.490 e. The molecule has 0 saturated heterocycles. The van der Waals surface area contributed by atoms with Crippen molar-refractivity contribution in [3.05, 3.63) is 29.6 Å². The minimum absolute atomic E-state index is 0.221. The Morgan fingerprint density at radius 2 is 1.95 bits per heavy atom. The molecule has 1 aliphatic carbocycles. The van der Waals surface area contributed by atoms with Gasteiger partial charge in [0.25, 0.3) is 0 Å². The van der Waals surface area contributed by atoms with Crippen LogP contribution in [0.1, 0.15) is 76.7 Å². The second-order valence-electron chi connectivity index (χ2n) is 6.40. The van der Waals surface area contributed by atoms with Crippen molar-refractivity contribution >= 4 is 0 Å². The van der Waals surface area contributed by atoms with E-state index < -0.39 is 0 Å². The molecule has 0 amide bonds. The Balaban J connectivity index is 2.00. The smallest absolute Gasteiger partial charge is 0.165 e. The summed E-state index contributed by atoms with van der Waals surface area (Å²) in [5.41, 5.74) is 1.22. The van der Waals surface area contributed by atoms with E-state index in [0.717, 1.165) is 19.3 Å². The molecule has 21 heavy (non-hydrogen) atoms. The molecule has 1 fully saturated rings. The molecule has 1 saturated carbocycles. The molecule has 0 aromatic heterocycles. The highest BCUT2D eigenvalue weighted by atomic mass is 19.1. The lowest BCUT2D eigenvalue weighted by Gasteiger charge is -2.22. The molecule has 1 aromatic carbocycles. The number of hydrogen-bond acceptors (Lipinski definition) is 1. The van der Waals surface area contributed by atoms with Gasteiger partial charge < -0.3 is 4.74 Å². The van der Waals surface area contributed by atoms with Gasteiger partial charge in [-0.2, -0.15) is 0 Å². The second-order valence-corrected chi connectivity index (χ2v) is 6.40. The zero-order valence-corrected chi connectivity index (χ0v) is 13.5. The molecule has 1 nitrogen and oxygen atoms in total. The number of hydrogen-bond donors (Lipinski definition) is 0. The lowest BCUT2D eigenvalue weighted by molar-refractivity contribution is 0.202. The zero-order chi connectivity index (χ0) is 15.1. The highest BCUT2D eigenvalue weighted by Gasteiger charge is 2.16. The van der Waals surface area contributed by atoms with E-state index in [4.69, 9.17) is 4.74 Å². The molecule has 0 spiro atoms. The lowest BCUT2D eigenvalue weighted by Crippen LogP contribution is -2.15.